The van der Waals surface area contributed by atoms with Gasteiger partial charge in [0.1, 0.15) is 5.75 Å². The molecular weight excluding hydrogens is 236 g/mol. The maximum atomic E-state index is 6.21. The molecule has 0 aliphatic carbocycles. The van der Waals surface area contributed by atoms with Gasteiger partial charge in [0.15, 0.2) is 0 Å². The predicted molar refractivity (Wildman–Crippen MR) is 71.7 cm³/mol. The van der Waals surface area contributed by atoms with Gasteiger partial charge in [-0.25, -0.2) is 0 Å². The molecule has 4 heteroatoms. The molecule has 2 aromatic rings. The lowest BCUT2D eigenvalue weighted by Gasteiger charge is -2.20. The number of ether oxygens (including phenoxy) is 1. The number of hydrogen-bond donors (Lipinski definition) is 1. The summed E-state index contributed by atoms with van der Waals surface area (Å²) in [5.41, 5.74) is 7.75. The fourth-order valence-corrected chi connectivity index (χ4v) is 2.39. The summed E-state index contributed by atoms with van der Waals surface area (Å²) in [7, 11) is 3.63. The van der Waals surface area contributed by atoms with Gasteiger partial charge in [-0.15, -0.1) is 0 Å². The molecule has 0 spiro atoms. The second kappa shape index (κ2) is 3.93. The number of nitrogens with zero attached hydrogens (tertiary/aromatic N) is 1. The van der Waals surface area contributed by atoms with Crippen LogP contribution >= 0.6 is 11.6 Å². The van der Waals surface area contributed by atoms with Crippen LogP contribution in [-0.4, -0.2) is 11.7 Å². The molecule has 3 nitrogen and oxygen atoms in total. The zero-order valence-corrected chi connectivity index (χ0v) is 11.3. The van der Waals surface area contributed by atoms with Gasteiger partial charge in [0, 0.05) is 18.1 Å². The number of hydrogen-bond acceptors (Lipinski definition) is 2. The lowest BCUT2D eigenvalue weighted by molar-refractivity contribution is 0.417. The van der Waals surface area contributed by atoms with E-state index in [0.717, 1.165) is 22.3 Å². The number of methoxy groups -OCH3 is 1. The summed E-state index contributed by atoms with van der Waals surface area (Å²) in [6.45, 7) is 3.95. The van der Waals surface area contributed by atoms with E-state index in [1.165, 1.54) is 0 Å². The Kier molecular flexibility index (Phi) is 2.84. The summed E-state index contributed by atoms with van der Waals surface area (Å²) in [5.74, 6) is 0.808. The molecule has 0 fully saturated rings. The smallest absolute Gasteiger partial charge is 0.143 e. The maximum absolute atomic E-state index is 6.21. The van der Waals surface area contributed by atoms with Gasteiger partial charge in [-0.3, -0.25) is 0 Å². The molecule has 1 aromatic heterocycles. The summed E-state index contributed by atoms with van der Waals surface area (Å²) >= 11 is 6.21. The van der Waals surface area contributed by atoms with Gasteiger partial charge in [-0.05, 0) is 32.0 Å². The monoisotopic (exact) mass is 252 g/mol. The maximum Gasteiger partial charge on any atom is 0.143 e. The molecule has 0 saturated heterocycles. The molecule has 0 radical (unpaired) electrons. The van der Waals surface area contributed by atoms with Crippen LogP contribution in [0, 0.1) is 0 Å². The predicted octanol–water partition coefficient (Wildman–Crippen LogP) is 3.03. The van der Waals surface area contributed by atoms with Gasteiger partial charge in [0.25, 0.3) is 0 Å². The molecule has 0 aliphatic rings. The zero-order chi connectivity index (χ0) is 12.8. The average molecular weight is 253 g/mol. The van der Waals surface area contributed by atoms with E-state index in [-0.39, 0.29) is 0 Å². The molecule has 1 heterocycles. The van der Waals surface area contributed by atoms with E-state index in [0.29, 0.717) is 5.02 Å². The van der Waals surface area contributed by atoms with Crippen molar-refractivity contribution in [2.75, 3.05) is 7.11 Å². The Morgan fingerprint density at radius 3 is 2.53 bits per heavy atom. The Hall–Kier alpha value is -1.19. The Morgan fingerprint density at radius 2 is 2.00 bits per heavy atom. The van der Waals surface area contributed by atoms with Crippen LogP contribution in [0.15, 0.2) is 18.2 Å². The third-order valence-corrected chi connectivity index (χ3v) is 3.31. The lowest BCUT2D eigenvalue weighted by atomic mass is 10.0. The van der Waals surface area contributed by atoms with Crippen molar-refractivity contribution in [3.05, 3.63) is 28.9 Å². The zero-order valence-electron chi connectivity index (χ0n) is 10.5. The van der Waals surface area contributed by atoms with Crippen molar-refractivity contribution in [1.82, 2.24) is 4.57 Å². The molecular formula is C13H17ClN2O. The molecule has 1 aromatic carbocycles. The fourth-order valence-electron chi connectivity index (χ4n) is 2.18. The Balaban J connectivity index is 2.86. The number of benzene rings is 1. The summed E-state index contributed by atoms with van der Waals surface area (Å²) in [6, 6.07) is 5.74. The van der Waals surface area contributed by atoms with Crippen LogP contribution in [-0.2, 0) is 12.6 Å². The third kappa shape index (κ3) is 1.90. The van der Waals surface area contributed by atoms with Crippen LogP contribution in [0.5, 0.6) is 5.75 Å². The van der Waals surface area contributed by atoms with Crippen LogP contribution in [0.2, 0.25) is 5.02 Å². The molecule has 0 aliphatic heterocycles. The van der Waals surface area contributed by atoms with Crippen molar-refractivity contribution in [2.24, 2.45) is 12.8 Å². The van der Waals surface area contributed by atoms with Crippen LogP contribution in [0.4, 0.5) is 0 Å². The Bertz CT molecular complexity index is 567. The first kappa shape index (κ1) is 12.3. The van der Waals surface area contributed by atoms with E-state index in [2.05, 4.69) is 0 Å². The van der Waals surface area contributed by atoms with E-state index in [1.54, 1.807) is 7.11 Å². The molecule has 2 rings (SSSR count). The van der Waals surface area contributed by atoms with Crippen molar-refractivity contribution in [3.63, 3.8) is 0 Å². The Morgan fingerprint density at radius 1 is 1.35 bits per heavy atom. The van der Waals surface area contributed by atoms with Gasteiger partial charge in [0.2, 0.25) is 0 Å². The van der Waals surface area contributed by atoms with Crippen LogP contribution in [0.25, 0.3) is 10.9 Å². The molecule has 92 valence electrons. The van der Waals surface area contributed by atoms with Crippen molar-refractivity contribution >= 4 is 22.5 Å². The Labute approximate surface area is 106 Å². The van der Waals surface area contributed by atoms with Crippen molar-refractivity contribution in [2.45, 2.75) is 19.4 Å². The molecule has 0 amide bonds. The summed E-state index contributed by atoms with van der Waals surface area (Å²) < 4.78 is 7.41. The number of halogens is 1. The molecule has 0 bridgehead atoms. The van der Waals surface area contributed by atoms with Gasteiger partial charge in [-0.2, -0.15) is 0 Å². The molecule has 0 unspecified atom stereocenters. The van der Waals surface area contributed by atoms with Crippen LogP contribution in [0.1, 0.15) is 19.5 Å². The molecule has 0 saturated carbocycles. The minimum atomic E-state index is -0.415. The number of nitrogens with two attached hydrogens (primary N) is 1. The van der Waals surface area contributed by atoms with Gasteiger partial charge >= 0.3 is 0 Å². The van der Waals surface area contributed by atoms with E-state index in [9.17, 15) is 0 Å². The summed E-state index contributed by atoms with van der Waals surface area (Å²) in [5, 5.41) is 1.69. The topological polar surface area (TPSA) is 40.2 Å². The molecule has 17 heavy (non-hydrogen) atoms. The first-order valence-corrected chi connectivity index (χ1v) is 5.85. The van der Waals surface area contributed by atoms with Crippen molar-refractivity contribution < 1.29 is 4.74 Å². The second-order valence-corrected chi connectivity index (χ2v) is 5.23. The highest BCUT2D eigenvalue weighted by Crippen LogP contribution is 2.35. The minimum Gasteiger partial charge on any atom is -0.495 e. The number of fused-ring (bicyclic) bond motifs is 1. The molecule has 2 N–H and O–H groups in total. The molecule has 0 atom stereocenters. The van der Waals surface area contributed by atoms with E-state index < -0.39 is 5.54 Å². The average Bonchev–Trinajstić information content (AvgIpc) is 2.58. The van der Waals surface area contributed by atoms with Gasteiger partial charge < -0.3 is 15.0 Å². The SMILES string of the molecule is COc1ccc(Cl)c2cc(C(C)(C)N)n(C)c12. The third-order valence-electron chi connectivity index (χ3n) is 2.98. The normalized spacial score (nSPS) is 12.1. The first-order chi connectivity index (χ1) is 7.86. The van der Waals surface area contributed by atoms with Crippen molar-refractivity contribution in [1.29, 1.82) is 0 Å². The van der Waals surface area contributed by atoms with E-state index >= 15 is 0 Å². The number of aryl methyl sites for hydroxylation is 1. The van der Waals surface area contributed by atoms with Crippen LogP contribution < -0.4 is 10.5 Å². The quantitative estimate of drug-likeness (QED) is 0.893. The highest BCUT2D eigenvalue weighted by Gasteiger charge is 2.22. The lowest BCUT2D eigenvalue weighted by Crippen LogP contribution is -2.30. The summed E-state index contributed by atoms with van der Waals surface area (Å²) in [4.78, 5) is 0. The van der Waals surface area contributed by atoms with Crippen LogP contribution in [0.3, 0.4) is 0 Å². The largest absolute Gasteiger partial charge is 0.495 e. The second-order valence-electron chi connectivity index (χ2n) is 4.82. The standard InChI is InChI=1S/C13H17ClN2O/c1-13(2,15)11-7-8-9(14)5-6-10(17-4)12(8)16(11)3/h5-7H,15H2,1-4H3. The minimum absolute atomic E-state index is 0.415. The highest BCUT2D eigenvalue weighted by molar-refractivity contribution is 6.35. The van der Waals surface area contributed by atoms with Gasteiger partial charge in [0.05, 0.1) is 23.2 Å². The van der Waals surface area contributed by atoms with Gasteiger partial charge in [-0.1, -0.05) is 11.6 Å². The number of rotatable bonds is 2. The van der Waals surface area contributed by atoms with E-state index in [4.69, 9.17) is 22.1 Å². The summed E-state index contributed by atoms with van der Waals surface area (Å²) in [6.07, 6.45) is 0. The number of aromatic nitrogens is 1. The fraction of sp³-hybridized carbons (Fsp3) is 0.385. The first-order valence-electron chi connectivity index (χ1n) is 5.47. The highest BCUT2D eigenvalue weighted by atomic mass is 35.5. The van der Waals surface area contributed by atoms with E-state index in [1.807, 2.05) is 43.7 Å². The van der Waals surface area contributed by atoms with Crippen molar-refractivity contribution in [3.8, 4) is 5.75 Å².